The number of likely N-dealkylation sites (tertiary alicyclic amines) is 2. The molecule has 208 valence electrons. The maximum Gasteiger partial charge on any atom is 0.200 e. The van der Waals surface area contributed by atoms with E-state index >= 15 is 0 Å². The summed E-state index contributed by atoms with van der Waals surface area (Å²) >= 11 is 3.30. The molecule has 4 aromatic rings. The number of hydrogen-bond acceptors (Lipinski definition) is 7. The van der Waals surface area contributed by atoms with Gasteiger partial charge in [0.1, 0.15) is 24.7 Å². The maximum atomic E-state index is 14.4. The average molecular weight is 573 g/mol. The molecular weight excluding hydrogens is 537 g/mol. The smallest absolute Gasteiger partial charge is 0.200 e. The van der Waals surface area contributed by atoms with Crippen molar-refractivity contribution in [2.24, 2.45) is 0 Å². The van der Waals surface area contributed by atoms with Crippen LogP contribution in [0.2, 0.25) is 0 Å². The predicted molar refractivity (Wildman–Crippen MR) is 165 cm³/mol. The highest BCUT2D eigenvalue weighted by Gasteiger charge is 2.25. The van der Waals surface area contributed by atoms with Crippen LogP contribution in [0.15, 0.2) is 70.1 Å². The number of thiophene rings is 2. The van der Waals surface area contributed by atoms with Crippen LogP contribution in [-0.4, -0.2) is 68.1 Å². The van der Waals surface area contributed by atoms with E-state index < -0.39 is 0 Å². The number of para-hydroxylation sites is 2. The fourth-order valence-electron chi connectivity index (χ4n) is 5.74. The highest BCUT2D eigenvalue weighted by atomic mass is 32.1. The number of benzene rings is 2. The molecule has 2 fully saturated rings. The third-order valence-corrected chi connectivity index (χ3v) is 9.26. The van der Waals surface area contributed by atoms with E-state index in [-0.39, 0.29) is 5.78 Å². The number of carbonyl (C=O) groups is 1. The van der Waals surface area contributed by atoms with E-state index in [1.165, 1.54) is 25.7 Å². The summed E-state index contributed by atoms with van der Waals surface area (Å²) in [4.78, 5) is 19.3. The molecule has 2 aromatic carbocycles. The van der Waals surface area contributed by atoms with Crippen molar-refractivity contribution in [3.05, 3.63) is 81.2 Å². The van der Waals surface area contributed by atoms with Crippen LogP contribution in [0.3, 0.4) is 0 Å². The molecular formula is C33H36N2O3S2. The number of ketones is 1. The molecule has 0 unspecified atom stereocenters. The highest BCUT2D eigenvalue weighted by Crippen LogP contribution is 2.40. The molecule has 0 atom stereocenters. The molecule has 4 heterocycles. The molecule has 7 heteroatoms. The van der Waals surface area contributed by atoms with Gasteiger partial charge in [-0.1, -0.05) is 24.3 Å². The van der Waals surface area contributed by atoms with E-state index in [0.717, 1.165) is 61.5 Å². The molecule has 2 aromatic heterocycles. The summed E-state index contributed by atoms with van der Waals surface area (Å²) in [5, 5.41) is 8.35. The van der Waals surface area contributed by atoms with E-state index in [9.17, 15) is 4.79 Å². The Morgan fingerprint density at radius 3 is 1.50 bits per heavy atom. The summed E-state index contributed by atoms with van der Waals surface area (Å²) in [6.45, 7) is 7.31. The fourth-order valence-corrected chi connectivity index (χ4v) is 7.06. The normalized spacial score (nSPS) is 16.0. The van der Waals surface area contributed by atoms with Gasteiger partial charge in [0.05, 0.1) is 11.1 Å². The summed E-state index contributed by atoms with van der Waals surface area (Å²) in [5.74, 6) is 1.25. The minimum atomic E-state index is -0.0681. The number of carbonyl (C=O) groups excluding carboxylic acids is 1. The zero-order chi connectivity index (χ0) is 27.1. The summed E-state index contributed by atoms with van der Waals surface area (Å²) in [6, 6.07) is 16.0. The Morgan fingerprint density at radius 2 is 1.10 bits per heavy atom. The number of hydrogen-bond donors (Lipinski definition) is 0. The lowest BCUT2D eigenvalue weighted by Gasteiger charge is -2.20. The van der Waals surface area contributed by atoms with Crippen LogP contribution in [-0.2, 0) is 0 Å². The second kappa shape index (κ2) is 13.1. The quantitative estimate of drug-likeness (QED) is 0.166. The molecule has 2 saturated heterocycles. The van der Waals surface area contributed by atoms with E-state index in [4.69, 9.17) is 9.47 Å². The van der Waals surface area contributed by atoms with Crippen molar-refractivity contribution in [1.29, 1.82) is 0 Å². The highest BCUT2D eigenvalue weighted by molar-refractivity contribution is 7.08. The van der Waals surface area contributed by atoms with Crippen LogP contribution in [0.1, 0.15) is 41.6 Å². The first-order valence-electron chi connectivity index (χ1n) is 14.3. The molecule has 5 nitrogen and oxygen atoms in total. The molecule has 0 spiro atoms. The molecule has 0 bridgehead atoms. The van der Waals surface area contributed by atoms with Crippen LogP contribution < -0.4 is 9.47 Å². The molecule has 0 aliphatic carbocycles. The monoisotopic (exact) mass is 572 g/mol. The second-order valence-electron chi connectivity index (χ2n) is 10.5. The van der Waals surface area contributed by atoms with Gasteiger partial charge in [-0.2, -0.15) is 22.7 Å². The minimum Gasteiger partial charge on any atom is -0.491 e. The lowest BCUT2D eigenvalue weighted by atomic mass is 9.94. The Balaban J connectivity index is 1.34. The number of ether oxygens (including phenoxy) is 2. The van der Waals surface area contributed by atoms with Crippen LogP contribution in [0.4, 0.5) is 0 Å². The standard InChI is InChI=1S/C33H36N2O3S2/c36-31(29-9-5-7-27(25-11-21-39-23-25)32(29)37-19-17-34-13-1-2-14-34)30-10-6-8-28(26-12-22-40-24-26)33(30)38-20-18-35-15-3-4-16-35/h5-12,21-24H,1-4,13-20H2. The Bertz CT molecular complexity index is 1280. The fraction of sp³-hybridized carbons (Fsp3) is 0.364. The summed E-state index contributed by atoms with van der Waals surface area (Å²) in [7, 11) is 0. The van der Waals surface area contributed by atoms with Gasteiger partial charge in [0, 0.05) is 24.2 Å². The Morgan fingerprint density at radius 1 is 0.650 bits per heavy atom. The van der Waals surface area contributed by atoms with Crippen LogP contribution in [0, 0.1) is 0 Å². The van der Waals surface area contributed by atoms with E-state index in [0.29, 0.717) is 35.8 Å². The first-order valence-corrected chi connectivity index (χ1v) is 16.2. The Kier molecular flexibility index (Phi) is 8.93. The van der Waals surface area contributed by atoms with Crippen LogP contribution in [0.25, 0.3) is 22.3 Å². The van der Waals surface area contributed by atoms with E-state index in [1.54, 1.807) is 22.7 Å². The topological polar surface area (TPSA) is 42.0 Å². The lowest BCUT2D eigenvalue weighted by Crippen LogP contribution is -2.26. The predicted octanol–water partition coefficient (Wildman–Crippen LogP) is 7.32. The number of nitrogens with zero attached hydrogens (tertiary/aromatic N) is 2. The van der Waals surface area contributed by atoms with Gasteiger partial charge in [0.25, 0.3) is 0 Å². The largest absolute Gasteiger partial charge is 0.491 e. The molecule has 0 N–H and O–H groups in total. The second-order valence-corrected chi connectivity index (χ2v) is 12.1. The first kappa shape index (κ1) is 27.2. The zero-order valence-electron chi connectivity index (χ0n) is 22.8. The van der Waals surface area contributed by atoms with Crippen molar-refractivity contribution < 1.29 is 14.3 Å². The van der Waals surface area contributed by atoms with Gasteiger partial charge in [0.15, 0.2) is 0 Å². The van der Waals surface area contributed by atoms with Gasteiger partial charge < -0.3 is 9.47 Å². The Labute approximate surface area is 245 Å². The summed E-state index contributed by atoms with van der Waals surface area (Å²) < 4.78 is 13.0. The van der Waals surface area contributed by atoms with Gasteiger partial charge in [-0.15, -0.1) is 0 Å². The number of rotatable bonds is 12. The van der Waals surface area contributed by atoms with Gasteiger partial charge in [-0.05, 0) is 109 Å². The van der Waals surface area contributed by atoms with Crippen LogP contribution >= 0.6 is 22.7 Å². The van der Waals surface area contributed by atoms with Gasteiger partial charge in [0.2, 0.25) is 5.78 Å². The lowest BCUT2D eigenvalue weighted by molar-refractivity contribution is 0.103. The summed E-state index contributed by atoms with van der Waals surface area (Å²) in [6.07, 6.45) is 4.99. The molecule has 0 amide bonds. The maximum absolute atomic E-state index is 14.4. The van der Waals surface area contributed by atoms with Crippen molar-refractivity contribution in [3.8, 4) is 33.8 Å². The van der Waals surface area contributed by atoms with Gasteiger partial charge in [-0.25, -0.2) is 0 Å². The third-order valence-electron chi connectivity index (χ3n) is 7.89. The van der Waals surface area contributed by atoms with Crippen molar-refractivity contribution in [2.75, 3.05) is 52.5 Å². The molecule has 0 radical (unpaired) electrons. The summed E-state index contributed by atoms with van der Waals surface area (Å²) in [5.41, 5.74) is 5.22. The first-order chi connectivity index (χ1) is 19.8. The van der Waals surface area contributed by atoms with E-state index in [1.807, 2.05) is 24.3 Å². The minimum absolute atomic E-state index is 0.0681. The van der Waals surface area contributed by atoms with Crippen molar-refractivity contribution in [3.63, 3.8) is 0 Å². The van der Waals surface area contributed by atoms with Crippen molar-refractivity contribution >= 4 is 28.5 Å². The Hall–Kier alpha value is -2.97. The third kappa shape index (κ3) is 6.18. The molecule has 0 saturated carbocycles. The molecule has 40 heavy (non-hydrogen) atoms. The van der Waals surface area contributed by atoms with Gasteiger partial charge >= 0.3 is 0 Å². The van der Waals surface area contributed by atoms with E-state index in [2.05, 4.69) is 55.6 Å². The SMILES string of the molecule is O=C(c1cccc(-c2ccsc2)c1OCCN1CCCC1)c1cccc(-c2ccsc2)c1OCCN1CCCC1. The molecule has 2 aliphatic rings. The van der Waals surface area contributed by atoms with Gasteiger partial charge in [-0.3, -0.25) is 14.6 Å². The van der Waals surface area contributed by atoms with Crippen LogP contribution in [0.5, 0.6) is 11.5 Å². The van der Waals surface area contributed by atoms with Crippen molar-refractivity contribution in [2.45, 2.75) is 25.7 Å². The van der Waals surface area contributed by atoms with Crippen molar-refractivity contribution in [1.82, 2.24) is 9.80 Å². The molecule has 6 rings (SSSR count). The molecule has 2 aliphatic heterocycles. The average Bonchev–Trinajstić information content (AvgIpc) is 3.82. The zero-order valence-corrected chi connectivity index (χ0v) is 24.5.